The maximum Gasteiger partial charge on any atom is 0.191 e. The van der Waals surface area contributed by atoms with E-state index in [0.717, 1.165) is 32.2 Å². The predicted octanol–water partition coefficient (Wildman–Crippen LogP) is 3.42. The molecule has 0 aliphatic rings. The Morgan fingerprint density at radius 3 is 2.79 bits per heavy atom. The Bertz CT molecular complexity index is 866. The van der Waals surface area contributed by atoms with E-state index in [9.17, 15) is 0 Å². The lowest BCUT2D eigenvalue weighted by atomic mass is 10.2. The van der Waals surface area contributed by atoms with E-state index in [4.69, 9.17) is 16.1 Å². The van der Waals surface area contributed by atoms with Crippen molar-refractivity contribution < 1.29 is 4.52 Å². The van der Waals surface area contributed by atoms with Gasteiger partial charge in [-0.1, -0.05) is 16.8 Å². The number of aromatic nitrogens is 2. The Morgan fingerprint density at radius 2 is 2.08 bits per heavy atom. The Labute approximate surface area is 148 Å². The highest BCUT2D eigenvalue weighted by atomic mass is 35.5. The quantitative estimate of drug-likeness (QED) is 0.548. The molecule has 2 aromatic heterocycles. The molecule has 0 bridgehead atoms. The van der Waals surface area contributed by atoms with Crippen molar-refractivity contribution in [3.8, 4) is 0 Å². The van der Waals surface area contributed by atoms with Crippen LogP contribution < -0.4 is 10.6 Å². The summed E-state index contributed by atoms with van der Waals surface area (Å²) in [5, 5.41) is 12.2. The minimum Gasteiger partial charge on any atom is -0.361 e. The van der Waals surface area contributed by atoms with Crippen molar-refractivity contribution in [1.82, 2.24) is 20.8 Å². The molecule has 126 valence electrons. The zero-order valence-electron chi connectivity index (χ0n) is 13.7. The Kier molecular flexibility index (Phi) is 5.01. The fraction of sp³-hybridized carbons (Fsp3) is 0.312. The largest absolute Gasteiger partial charge is 0.361 e. The number of thiazole rings is 1. The average molecular weight is 364 g/mol. The van der Waals surface area contributed by atoms with Crippen LogP contribution in [0.4, 0.5) is 0 Å². The van der Waals surface area contributed by atoms with E-state index >= 15 is 0 Å². The molecule has 0 spiro atoms. The van der Waals surface area contributed by atoms with Crippen LogP contribution in [-0.4, -0.2) is 23.1 Å². The van der Waals surface area contributed by atoms with Crippen LogP contribution in [0.2, 0.25) is 5.02 Å². The summed E-state index contributed by atoms with van der Waals surface area (Å²) in [6.07, 6.45) is 0. The van der Waals surface area contributed by atoms with Gasteiger partial charge in [0.1, 0.15) is 10.8 Å². The van der Waals surface area contributed by atoms with E-state index in [1.54, 1.807) is 18.4 Å². The molecule has 0 fully saturated rings. The van der Waals surface area contributed by atoms with Crippen LogP contribution in [0, 0.1) is 13.8 Å². The van der Waals surface area contributed by atoms with Crippen molar-refractivity contribution in [2.45, 2.75) is 26.9 Å². The first-order valence-electron chi connectivity index (χ1n) is 7.48. The first kappa shape index (κ1) is 16.7. The number of aliphatic imine (C=N–C) groups is 1. The van der Waals surface area contributed by atoms with Crippen molar-refractivity contribution in [2.75, 3.05) is 7.05 Å². The Morgan fingerprint density at radius 1 is 1.29 bits per heavy atom. The van der Waals surface area contributed by atoms with E-state index in [2.05, 4.69) is 25.8 Å². The van der Waals surface area contributed by atoms with Crippen molar-refractivity contribution in [3.05, 3.63) is 45.2 Å². The Balaban J connectivity index is 1.61. The molecule has 3 rings (SSSR count). The van der Waals surface area contributed by atoms with Crippen molar-refractivity contribution in [2.24, 2.45) is 4.99 Å². The summed E-state index contributed by atoms with van der Waals surface area (Å²) in [6.45, 7) is 5.03. The lowest BCUT2D eigenvalue weighted by Gasteiger charge is -2.10. The minimum atomic E-state index is 0.595. The number of halogens is 1. The minimum absolute atomic E-state index is 0.595. The fourth-order valence-corrected chi connectivity index (χ4v) is 3.38. The first-order valence-corrected chi connectivity index (χ1v) is 8.67. The van der Waals surface area contributed by atoms with Gasteiger partial charge in [0.05, 0.1) is 22.5 Å². The normalized spacial score (nSPS) is 11.9. The smallest absolute Gasteiger partial charge is 0.191 e. The van der Waals surface area contributed by atoms with Gasteiger partial charge >= 0.3 is 0 Å². The fourth-order valence-electron chi connectivity index (χ4n) is 2.33. The van der Waals surface area contributed by atoms with Crippen LogP contribution in [0.1, 0.15) is 22.0 Å². The molecule has 3 aromatic rings. The monoisotopic (exact) mass is 363 g/mol. The molecule has 1 aromatic carbocycles. The summed E-state index contributed by atoms with van der Waals surface area (Å²) in [6, 6.07) is 5.74. The third-order valence-electron chi connectivity index (χ3n) is 3.64. The van der Waals surface area contributed by atoms with Crippen molar-refractivity contribution in [1.29, 1.82) is 0 Å². The number of rotatable bonds is 4. The van der Waals surface area contributed by atoms with Crippen LogP contribution in [0.15, 0.2) is 27.7 Å². The van der Waals surface area contributed by atoms with Gasteiger partial charge in [0.2, 0.25) is 0 Å². The second kappa shape index (κ2) is 7.19. The van der Waals surface area contributed by atoms with Crippen molar-refractivity contribution >= 4 is 39.1 Å². The van der Waals surface area contributed by atoms with Crippen LogP contribution in [0.3, 0.4) is 0 Å². The number of fused-ring (bicyclic) bond motifs is 1. The molecule has 2 heterocycles. The van der Waals surface area contributed by atoms with E-state index < -0.39 is 0 Å². The summed E-state index contributed by atoms with van der Waals surface area (Å²) in [4.78, 5) is 8.81. The summed E-state index contributed by atoms with van der Waals surface area (Å²) < 4.78 is 6.28. The third kappa shape index (κ3) is 3.68. The lowest BCUT2D eigenvalue weighted by molar-refractivity contribution is 0.392. The van der Waals surface area contributed by atoms with Crippen LogP contribution in [0.5, 0.6) is 0 Å². The molecule has 8 heteroatoms. The van der Waals surface area contributed by atoms with Gasteiger partial charge in [0, 0.05) is 24.2 Å². The number of hydrogen-bond acceptors (Lipinski definition) is 5. The van der Waals surface area contributed by atoms with Crippen LogP contribution in [0.25, 0.3) is 10.2 Å². The Hall–Kier alpha value is -2.12. The molecule has 0 atom stereocenters. The van der Waals surface area contributed by atoms with Crippen LogP contribution >= 0.6 is 22.9 Å². The first-order chi connectivity index (χ1) is 11.6. The molecule has 6 nitrogen and oxygen atoms in total. The van der Waals surface area contributed by atoms with Gasteiger partial charge in [-0.15, -0.1) is 11.3 Å². The molecule has 0 saturated heterocycles. The molecule has 0 aliphatic heterocycles. The maximum absolute atomic E-state index is 6.00. The zero-order valence-corrected chi connectivity index (χ0v) is 15.3. The second-order valence-corrected chi connectivity index (χ2v) is 6.85. The predicted molar refractivity (Wildman–Crippen MR) is 97.6 cm³/mol. The molecule has 24 heavy (non-hydrogen) atoms. The third-order valence-corrected chi connectivity index (χ3v) is 4.91. The maximum atomic E-state index is 6.00. The van der Waals surface area contributed by atoms with E-state index in [-0.39, 0.29) is 0 Å². The average Bonchev–Trinajstić information content (AvgIpc) is 3.11. The van der Waals surface area contributed by atoms with Gasteiger partial charge in [-0.3, -0.25) is 4.99 Å². The molecular weight excluding hydrogens is 346 g/mol. The van der Waals surface area contributed by atoms with Crippen LogP contribution in [-0.2, 0) is 13.1 Å². The van der Waals surface area contributed by atoms with Gasteiger partial charge in [-0.05, 0) is 32.0 Å². The summed E-state index contributed by atoms with van der Waals surface area (Å²) in [7, 11) is 1.74. The van der Waals surface area contributed by atoms with Gasteiger partial charge in [-0.25, -0.2) is 4.98 Å². The molecular formula is C16H18ClN5OS. The van der Waals surface area contributed by atoms with Gasteiger partial charge < -0.3 is 15.2 Å². The molecule has 2 N–H and O–H groups in total. The van der Waals surface area contributed by atoms with Gasteiger partial charge in [0.25, 0.3) is 0 Å². The highest BCUT2D eigenvalue weighted by Crippen LogP contribution is 2.24. The zero-order chi connectivity index (χ0) is 17.1. The molecule has 0 unspecified atom stereocenters. The number of hydrogen-bond donors (Lipinski definition) is 2. The summed E-state index contributed by atoms with van der Waals surface area (Å²) in [5.74, 6) is 1.52. The van der Waals surface area contributed by atoms with Gasteiger partial charge in [-0.2, -0.15) is 0 Å². The molecule has 0 saturated carbocycles. The molecule has 0 radical (unpaired) electrons. The van der Waals surface area contributed by atoms with E-state index in [1.807, 2.05) is 32.0 Å². The highest BCUT2D eigenvalue weighted by molar-refractivity contribution is 7.18. The SMILES string of the molecule is CN=C(NCc1nc2cc(Cl)ccc2s1)NCc1c(C)noc1C. The van der Waals surface area contributed by atoms with Crippen molar-refractivity contribution in [3.63, 3.8) is 0 Å². The summed E-state index contributed by atoms with van der Waals surface area (Å²) in [5.41, 5.74) is 2.86. The standard InChI is InChI=1S/C16H18ClN5OS/c1-9-12(10(2)23-22-9)7-19-16(18-3)20-8-15-21-13-6-11(17)4-5-14(13)24-15/h4-6H,7-8H2,1-3H3,(H2,18,19,20). The number of nitrogens with zero attached hydrogens (tertiary/aromatic N) is 3. The number of guanidine groups is 1. The highest BCUT2D eigenvalue weighted by Gasteiger charge is 2.10. The molecule has 0 aliphatic carbocycles. The van der Waals surface area contributed by atoms with E-state index in [0.29, 0.717) is 24.1 Å². The second-order valence-electron chi connectivity index (χ2n) is 5.30. The lowest BCUT2D eigenvalue weighted by Crippen LogP contribution is -2.36. The number of benzene rings is 1. The van der Waals surface area contributed by atoms with Gasteiger partial charge in [0.15, 0.2) is 5.96 Å². The topological polar surface area (TPSA) is 75.3 Å². The number of aryl methyl sites for hydroxylation is 2. The van der Waals surface area contributed by atoms with E-state index in [1.165, 1.54) is 0 Å². The molecule has 0 amide bonds. The number of nitrogens with one attached hydrogen (secondary N) is 2. The summed E-state index contributed by atoms with van der Waals surface area (Å²) >= 11 is 7.64.